The molecule has 1 aromatic heterocycles. The molecule has 2 rings (SSSR count). The standard InChI is InChI=1S/C18H23N3O3S/c1-4-21(5-2)25(23,24)17-8-6-16(7-9-17)18(22)20(3)14-15-10-12-19-13-11-15/h6-13H,4-5,14H2,1-3H3. The van der Waals surface area contributed by atoms with Gasteiger partial charge in [0.2, 0.25) is 10.0 Å². The van der Waals surface area contributed by atoms with Crippen molar-refractivity contribution in [2.45, 2.75) is 25.3 Å². The van der Waals surface area contributed by atoms with Gasteiger partial charge in [-0.1, -0.05) is 13.8 Å². The van der Waals surface area contributed by atoms with Crippen LogP contribution in [0, 0.1) is 0 Å². The van der Waals surface area contributed by atoms with Gasteiger partial charge in [0.05, 0.1) is 4.90 Å². The topological polar surface area (TPSA) is 70.6 Å². The number of sulfonamides is 1. The van der Waals surface area contributed by atoms with Crippen molar-refractivity contribution in [3.05, 3.63) is 59.9 Å². The fraction of sp³-hybridized carbons (Fsp3) is 0.333. The Bertz CT molecular complexity index is 801. The Kier molecular flexibility index (Phi) is 6.27. The van der Waals surface area contributed by atoms with Crippen LogP contribution in [-0.4, -0.2) is 48.7 Å². The summed E-state index contributed by atoms with van der Waals surface area (Å²) in [5.74, 6) is -0.163. The number of carbonyl (C=O) groups is 1. The molecule has 0 aliphatic carbocycles. The van der Waals surface area contributed by atoms with Crippen LogP contribution in [0.2, 0.25) is 0 Å². The molecule has 0 bridgehead atoms. The summed E-state index contributed by atoms with van der Waals surface area (Å²) in [6.07, 6.45) is 3.36. The summed E-state index contributed by atoms with van der Waals surface area (Å²) in [6.45, 7) is 4.88. The Labute approximate surface area is 149 Å². The molecule has 0 spiro atoms. The Hall–Kier alpha value is -2.25. The SMILES string of the molecule is CCN(CC)S(=O)(=O)c1ccc(C(=O)N(C)Cc2ccncc2)cc1. The van der Waals surface area contributed by atoms with Gasteiger partial charge < -0.3 is 4.90 Å². The minimum Gasteiger partial charge on any atom is -0.337 e. The molecule has 0 aliphatic heterocycles. The molecular weight excluding hydrogens is 338 g/mol. The van der Waals surface area contributed by atoms with Crippen LogP contribution in [0.1, 0.15) is 29.8 Å². The molecule has 7 heteroatoms. The predicted molar refractivity (Wildman–Crippen MR) is 96.6 cm³/mol. The molecule has 0 fully saturated rings. The third-order valence-corrected chi connectivity index (χ3v) is 6.02. The van der Waals surface area contributed by atoms with Crippen molar-refractivity contribution in [2.24, 2.45) is 0 Å². The summed E-state index contributed by atoms with van der Waals surface area (Å²) >= 11 is 0. The number of hydrogen-bond donors (Lipinski definition) is 0. The number of aromatic nitrogens is 1. The zero-order chi connectivity index (χ0) is 18.4. The van der Waals surface area contributed by atoms with E-state index in [4.69, 9.17) is 0 Å². The second kappa shape index (κ2) is 8.22. The zero-order valence-electron chi connectivity index (χ0n) is 14.7. The maximum absolute atomic E-state index is 12.5. The van der Waals surface area contributed by atoms with Crippen LogP contribution in [0.3, 0.4) is 0 Å². The van der Waals surface area contributed by atoms with Gasteiger partial charge in [-0.3, -0.25) is 9.78 Å². The Morgan fingerprint density at radius 1 is 1.00 bits per heavy atom. The van der Waals surface area contributed by atoms with Crippen LogP contribution in [0.25, 0.3) is 0 Å². The highest BCUT2D eigenvalue weighted by Crippen LogP contribution is 2.17. The van der Waals surface area contributed by atoms with Crippen molar-refractivity contribution in [2.75, 3.05) is 20.1 Å². The fourth-order valence-corrected chi connectivity index (χ4v) is 3.99. The largest absolute Gasteiger partial charge is 0.337 e. The van der Waals surface area contributed by atoms with E-state index in [2.05, 4.69) is 4.98 Å². The number of hydrogen-bond acceptors (Lipinski definition) is 4. The molecule has 0 saturated carbocycles. The number of benzene rings is 1. The molecule has 0 unspecified atom stereocenters. The van der Waals surface area contributed by atoms with Gasteiger partial charge in [-0.2, -0.15) is 4.31 Å². The normalized spacial score (nSPS) is 11.5. The lowest BCUT2D eigenvalue weighted by molar-refractivity contribution is 0.0785. The number of carbonyl (C=O) groups excluding carboxylic acids is 1. The molecule has 0 N–H and O–H groups in total. The average molecular weight is 361 g/mol. The van der Waals surface area contributed by atoms with Crippen LogP contribution in [0.4, 0.5) is 0 Å². The Morgan fingerprint density at radius 3 is 2.08 bits per heavy atom. The molecule has 25 heavy (non-hydrogen) atoms. The second-order valence-corrected chi connectivity index (χ2v) is 7.57. The number of amides is 1. The van der Waals surface area contributed by atoms with E-state index in [0.717, 1.165) is 5.56 Å². The molecule has 1 heterocycles. The lowest BCUT2D eigenvalue weighted by Crippen LogP contribution is -2.30. The highest BCUT2D eigenvalue weighted by atomic mass is 32.2. The van der Waals surface area contributed by atoms with E-state index < -0.39 is 10.0 Å². The summed E-state index contributed by atoms with van der Waals surface area (Å²) in [4.78, 5) is 18.2. The second-order valence-electron chi connectivity index (χ2n) is 5.63. The first-order valence-electron chi connectivity index (χ1n) is 8.14. The highest BCUT2D eigenvalue weighted by Gasteiger charge is 2.22. The summed E-state index contributed by atoms with van der Waals surface area (Å²) in [5, 5.41) is 0. The first-order valence-corrected chi connectivity index (χ1v) is 9.58. The summed E-state index contributed by atoms with van der Waals surface area (Å²) < 4.78 is 26.3. The quantitative estimate of drug-likeness (QED) is 0.759. The summed E-state index contributed by atoms with van der Waals surface area (Å²) in [6, 6.07) is 9.79. The molecule has 6 nitrogen and oxygen atoms in total. The first-order chi connectivity index (χ1) is 11.9. The van der Waals surface area contributed by atoms with Gasteiger partial charge in [0.15, 0.2) is 0 Å². The lowest BCUT2D eigenvalue weighted by atomic mass is 10.2. The number of rotatable bonds is 7. The molecular formula is C18H23N3O3S. The van der Waals surface area contributed by atoms with Crippen molar-refractivity contribution in [3.63, 3.8) is 0 Å². The lowest BCUT2D eigenvalue weighted by Gasteiger charge is -2.19. The minimum absolute atomic E-state index is 0.163. The third-order valence-electron chi connectivity index (χ3n) is 3.96. The van der Waals surface area contributed by atoms with Crippen molar-refractivity contribution in [1.82, 2.24) is 14.2 Å². The van der Waals surface area contributed by atoms with Crippen LogP contribution >= 0.6 is 0 Å². The van der Waals surface area contributed by atoms with Crippen molar-refractivity contribution in [1.29, 1.82) is 0 Å². The van der Waals surface area contributed by atoms with E-state index in [0.29, 0.717) is 25.2 Å². The maximum atomic E-state index is 12.5. The van der Waals surface area contributed by atoms with E-state index in [-0.39, 0.29) is 10.8 Å². The highest BCUT2D eigenvalue weighted by molar-refractivity contribution is 7.89. The van der Waals surface area contributed by atoms with Crippen molar-refractivity contribution >= 4 is 15.9 Å². The molecule has 0 aliphatic rings. The van der Waals surface area contributed by atoms with E-state index in [1.54, 1.807) is 50.3 Å². The van der Waals surface area contributed by atoms with E-state index >= 15 is 0 Å². The Morgan fingerprint density at radius 2 is 1.56 bits per heavy atom. The van der Waals surface area contributed by atoms with E-state index in [1.165, 1.54) is 16.4 Å². The van der Waals surface area contributed by atoms with Crippen molar-refractivity contribution in [3.8, 4) is 0 Å². The van der Waals surface area contributed by atoms with Gasteiger partial charge in [-0.15, -0.1) is 0 Å². The zero-order valence-corrected chi connectivity index (χ0v) is 15.5. The summed E-state index contributed by atoms with van der Waals surface area (Å²) in [5.41, 5.74) is 1.43. The van der Waals surface area contributed by atoms with Crippen LogP contribution in [-0.2, 0) is 16.6 Å². The molecule has 1 amide bonds. The molecule has 1 aromatic carbocycles. The molecule has 134 valence electrons. The molecule has 0 radical (unpaired) electrons. The van der Waals surface area contributed by atoms with E-state index in [9.17, 15) is 13.2 Å². The summed E-state index contributed by atoms with van der Waals surface area (Å²) in [7, 11) is -1.80. The number of pyridine rings is 1. The van der Waals surface area contributed by atoms with Gasteiger partial charge in [0.25, 0.3) is 5.91 Å². The van der Waals surface area contributed by atoms with Gasteiger partial charge in [-0.25, -0.2) is 8.42 Å². The number of nitrogens with zero attached hydrogens (tertiary/aromatic N) is 3. The monoisotopic (exact) mass is 361 g/mol. The van der Waals surface area contributed by atoms with Gasteiger partial charge in [0.1, 0.15) is 0 Å². The van der Waals surface area contributed by atoms with Crippen LogP contribution < -0.4 is 0 Å². The smallest absolute Gasteiger partial charge is 0.253 e. The minimum atomic E-state index is -3.51. The van der Waals surface area contributed by atoms with Crippen molar-refractivity contribution < 1.29 is 13.2 Å². The fourth-order valence-electron chi connectivity index (χ4n) is 2.54. The van der Waals surface area contributed by atoms with Gasteiger partial charge in [-0.05, 0) is 42.0 Å². The maximum Gasteiger partial charge on any atom is 0.253 e. The van der Waals surface area contributed by atoms with Crippen LogP contribution in [0.15, 0.2) is 53.7 Å². The third kappa shape index (κ3) is 4.43. The first kappa shape index (κ1) is 19.1. The molecule has 0 atom stereocenters. The predicted octanol–water partition coefficient (Wildman–Crippen LogP) is 2.38. The molecule has 0 saturated heterocycles. The van der Waals surface area contributed by atoms with Gasteiger partial charge >= 0.3 is 0 Å². The Balaban J connectivity index is 2.15. The van der Waals surface area contributed by atoms with E-state index in [1.807, 2.05) is 12.1 Å². The van der Waals surface area contributed by atoms with Gasteiger partial charge in [0, 0.05) is 44.6 Å². The molecule has 2 aromatic rings. The van der Waals surface area contributed by atoms with Crippen LogP contribution in [0.5, 0.6) is 0 Å². The average Bonchev–Trinajstić information content (AvgIpc) is 2.63.